The normalized spacial score (nSPS) is 31.9. The molecule has 3 heteroatoms. The van der Waals surface area contributed by atoms with Gasteiger partial charge in [-0.25, -0.2) is 0 Å². The van der Waals surface area contributed by atoms with Crippen molar-refractivity contribution in [2.24, 2.45) is 5.92 Å². The Hall–Kier alpha value is -0.590. The maximum atomic E-state index is 9.64. The van der Waals surface area contributed by atoms with Gasteiger partial charge in [-0.05, 0) is 65.3 Å². The third kappa shape index (κ3) is 3.96. The smallest absolute Gasteiger partial charge is 0.108 e. The van der Waals surface area contributed by atoms with E-state index in [2.05, 4.69) is 37.2 Å². The quantitative estimate of drug-likeness (QED) is 0.838. The zero-order valence-corrected chi connectivity index (χ0v) is 13.5. The van der Waals surface area contributed by atoms with Gasteiger partial charge in [-0.2, -0.15) is 5.26 Å². The van der Waals surface area contributed by atoms with Gasteiger partial charge in [-0.3, -0.25) is 5.32 Å². The second-order valence-corrected chi connectivity index (χ2v) is 7.33. The third-order valence-corrected chi connectivity index (χ3v) is 5.15. The monoisotopic (exact) mass is 277 g/mol. The van der Waals surface area contributed by atoms with Crippen LogP contribution in [-0.2, 0) is 0 Å². The first-order valence-corrected chi connectivity index (χ1v) is 8.44. The zero-order valence-electron chi connectivity index (χ0n) is 13.5. The molecule has 0 saturated heterocycles. The minimum atomic E-state index is -0.291. The van der Waals surface area contributed by atoms with Crippen molar-refractivity contribution in [3.8, 4) is 6.07 Å². The van der Waals surface area contributed by atoms with Crippen LogP contribution >= 0.6 is 0 Å². The molecule has 2 aliphatic rings. The van der Waals surface area contributed by atoms with Gasteiger partial charge in [0.25, 0.3) is 0 Å². The van der Waals surface area contributed by atoms with Crippen molar-refractivity contribution in [3.05, 3.63) is 0 Å². The van der Waals surface area contributed by atoms with E-state index in [0.717, 1.165) is 18.8 Å². The summed E-state index contributed by atoms with van der Waals surface area (Å²) >= 11 is 0. The number of hydrogen-bond acceptors (Lipinski definition) is 3. The first-order valence-electron chi connectivity index (χ1n) is 8.44. The molecule has 2 fully saturated rings. The minimum absolute atomic E-state index is 0.291. The lowest BCUT2D eigenvalue weighted by atomic mass is 9.78. The van der Waals surface area contributed by atoms with Crippen LogP contribution in [0.4, 0.5) is 0 Å². The summed E-state index contributed by atoms with van der Waals surface area (Å²) in [5.74, 6) is 0.900. The Morgan fingerprint density at radius 2 is 1.95 bits per heavy atom. The molecule has 20 heavy (non-hydrogen) atoms. The molecule has 0 aromatic carbocycles. The van der Waals surface area contributed by atoms with E-state index in [4.69, 9.17) is 0 Å². The number of nitrogens with one attached hydrogen (secondary N) is 1. The molecule has 0 amide bonds. The van der Waals surface area contributed by atoms with Crippen LogP contribution < -0.4 is 5.32 Å². The SMILES string of the molecule is CC(C)NC1(C#N)CCCC(N(C)CC2CCCC2)C1. The van der Waals surface area contributed by atoms with Crippen LogP contribution in [0.25, 0.3) is 0 Å². The maximum Gasteiger partial charge on any atom is 0.108 e. The van der Waals surface area contributed by atoms with Gasteiger partial charge in [0.15, 0.2) is 0 Å². The van der Waals surface area contributed by atoms with Crippen molar-refractivity contribution >= 4 is 0 Å². The molecule has 2 rings (SSSR count). The Morgan fingerprint density at radius 3 is 2.55 bits per heavy atom. The van der Waals surface area contributed by atoms with Gasteiger partial charge < -0.3 is 4.90 Å². The molecule has 0 radical (unpaired) electrons. The molecule has 0 bridgehead atoms. The van der Waals surface area contributed by atoms with Crippen molar-refractivity contribution in [2.75, 3.05) is 13.6 Å². The predicted octanol–water partition coefficient (Wildman–Crippen LogP) is 3.31. The Labute approximate surface area is 124 Å². The van der Waals surface area contributed by atoms with E-state index in [9.17, 15) is 5.26 Å². The fourth-order valence-corrected chi connectivity index (χ4v) is 4.19. The molecule has 114 valence electrons. The molecular formula is C17H31N3. The Balaban J connectivity index is 1.92. The van der Waals surface area contributed by atoms with Crippen LogP contribution in [0, 0.1) is 17.2 Å². The van der Waals surface area contributed by atoms with Crippen LogP contribution in [0.1, 0.15) is 65.2 Å². The van der Waals surface area contributed by atoms with Gasteiger partial charge in [0, 0.05) is 18.6 Å². The first-order chi connectivity index (χ1) is 9.54. The van der Waals surface area contributed by atoms with Crippen LogP contribution in [0.15, 0.2) is 0 Å². The molecule has 1 N–H and O–H groups in total. The van der Waals surface area contributed by atoms with Crippen LogP contribution in [0.5, 0.6) is 0 Å². The van der Waals surface area contributed by atoms with Crippen molar-refractivity contribution in [3.63, 3.8) is 0 Å². The van der Waals surface area contributed by atoms with Crippen LogP contribution in [0.3, 0.4) is 0 Å². The van der Waals surface area contributed by atoms with E-state index in [1.54, 1.807) is 0 Å². The average molecular weight is 277 g/mol. The summed E-state index contributed by atoms with van der Waals surface area (Å²) in [6.07, 6.45) is 10.1. The lowest BCUT2D eigenvalue weighted by molar-refractivity contribution is 0.125. The molecule has 2 atom stereocenters. The summed E-state index contributed by atoms with van der Waals surface area (Å²) in [7, 11) is 2.27. The summed E-state index contributed by atoms with van der Waals surface area (Å²) in [5, 5.41) is 13.2. The molecule has 0 aliphatic heterocycles. The van der Waals surface area contributed by atoms with Gasteiger partial charge in [-0.1, -0.05) is 12.8 Å². The minimum Gasteiger partial charge on any atom is -0.303 e. The summed E-state index contributed by atoms with van der Waals surface area (Å²) in [4.78, 5) is 2.54. The largest absolute Gasteiger partial charge is 0.303 e. The number of rotatable bonds is 5. The van der Waals surface area contributed by atoms with E-state index in [1.807, 2.05) is 0 Å². The van der Waals surface area contributed by atoms with Crippen molar-refractivity contribution in [1.29, 1.82) is 5.26 Å². The Bertz CT molecular complexity index is 341. The highest BCUT2D eigenvalue weighted by molar-refractivity contribution is 5.11. The molecular weight excluding hydrogens is 246 g/mol. The van der Waals surface area contributed by atoms with Crippen molar-refractivity contribution in [2.45, 2.75) is 82.8 Å². The van der Waals surface area contributed by atoms with E-state index in [0.29, 0.717) is 12.1 Å². The summed E-state index contributed by atoms with van der Waals surface area (Å²) in [5.41, 5.74) is -0.291. The van der Waals surface area contributed by atoms with E-state index < -0.39 is 0 Å². The summed E-state index contributed by atoms with van der Waals surface area (Å²) in [6.45, 7) is 5.52. The second-order valence-electron chi connectivity index (χ2n) is 7.33. The van der Waals surface area contributed by atoms with Gasteiger partial charge in [0.2, 0.25) is 0 Å². The molecule has 2 aliphatic carbocycles. The van der Waals surface area contributed by atoms with Gasteiger partial charge in [0.1, 0.15) is 5.54 Å². The number of nitrogens with zero attached hydrogens (tertiary/aromatic N) is 2. The summed E-state index contributed by atoms with van der Waals surface area (Å²) in [6, 6.07) is 3.55. The number of hydrogen-bond donors (Lipinski definition) is 1. The van der Waals surface area contributed by atoms with E-state index >= 15 is 0 Å². The Morgan fingerprint density at radius 1 is 1.25 bits per heavy atom. The predicted molar refractivity (Wildman–Crippen MR) is 83.5 cm³/mol. The standard InChI is InChI=1S/C17H31N3/c1-14(2)19-17(13-18)10-6-9-16(11-17)20(3)12-15-7-4-5-8-15/h14-16,19H,4-12H2,1-3H3. The van der Waals surface area contributed by atoms with Gasteiger partial charge in [0.05, 0.1) is 6.07 Å². The molecule has 3 nitrogen and oxygen atoms in total. The maximum absolute atomic E-state index is 9.64. The number of nitriles is 1. The molecule has 0 spiro atoms. The van der Waals surface area contributed by atoms with Crippen molar-refractivity contribution in [1.82, 2.24) is 10.2 Å². The molecule has 0 heterocycles. The second kappa shape index (κ2) is 6.91. The molecule has 2 unspecified atom stereocenters. The highest BCUT2D eigenvalue weighted by atomic mass is 15.1. The lowest BCUT2D eigenvalue weighted by Crippen LogP contribution is -2.54. The highest BCUT2D eigenvalue weighted by Gasteiger charge is 2.38. The highest BCUT2D eigenvalue weighted by Crippen LogP contribution is 2.33. The van der Waals surface area contributed by atoms with Gasteiger partial charge in [-0.15, -0.1) is 0 Å². The zero-order chi connectivity index (χ0) is 14.6. The first kappa shape index (κ1) is 15.8. The van der Waals surface area contributed by atoms with Crippen molar-refractivity contribution < 1.29 is 0 Å². The Kier molecular flexibility index (Phi) is 5.46. The van der Waals surface area contributed by atoms with E-state index in [1.165, 1.54) is 45.1 Å². The average Bonchev–Trinajstić information content (AvgIpc) is 2.91. The van der Waals surface area contributed by atoms with Crippen LogP contribution in [0.2, 0.25) is 0 Å². The topological polar surface area (TPSA) is 39.1 Å². The fraction of sp³-hybridized carbons (Fsp3) is 0.941. The summed E-state index contributed by atoms with van der Waals surface area (Å²) < 4.78 is 0. The third-order valence-electron chi connectivity index (χ3n) is 5.15. The molecule has 0 aromatic heterocycles. The van der Waals surface area contributed by atoms with E-state index in [-0.39, 0.29) is 5.54 Å². The fourth-order valence-electron chi connectivity index (χ4n) is 4.19. The van der Waals surface area contributed by atoms with Gasteiger partial charge >= 0.3 is 0 Å². The molecule has 0 aromatic rings. The lowest BCUT2D eigenvalue weighted by Gasteiger charge is -2.42. The van der Waals surface area contributed by atoms with Crippen LogP contribution in [-0.4, -0.2) is 36.1 Å². The molecule has 2 saturated carbocycles.